The van der Waals surface area contributed by atoms with E-state index < -0.39 is 5.82 Å². The van der Waals surface area contributed by atoms with Crippen LogP contribution in [-0.2, 0) is 4.79 Å². The van der Waals surface area contributed by atoms with Crippen molar-refractivity contribution in [2.45, 2.75) is 11.2 Å². The molecule has 1 heterocycles. The van der Waals surface area contributed by atoms with E-state index in [1.165, 1.54) is 17.0 Å². The number of hydrogen-bond donors (Lipinski definition) is 0. The lowest BCUT2D eigenvalue weighted by molar-refractivity contribution is -0.116. The molecule has 1 aromatic carbocycles. The van der Waals surface area contributed by atoms with Gasteiger partial charge in [0.05, 0.1) is 15.5 Å². The van der Waals surface area contributed by atoms with Gasteiger partial charge < -0.3 is 4.90 Å². The molecule has 15 heavy (non-hydrogen) atoms. The van der Waals surface area contributed by atoms with E-state index in [2.05, 4.69) is 15.9 Å². The van der Waals surface area contributed by atoms with E-state index in [9.17, 15) is 9.18 Å². The van der Waals surface area contributed by atoms with Crippen LogP contribution in [0.5, 0.6) is 0 Å². The molecule has 0 spiro atoms. The molecule has 1 aliphatic heterocycles. The first kappa shape index (κ1) is 10.9. The second kappa shape index (κ2) is 4.10. The zero-order chi connectivity index (χ0) is 11.0. The van der Waals surface area contributed by atoms with E-state index >= 15 is 0 Å². The average Bonchev–Trinajstić information content (AvgIpc) is 2.49. The summed E-state index contributed by atoms with van der Waals surface area (Å²) in [6.07, 6.45) is 0.670. The number of halogens is 3. The van der Waals surface area contributed by atoms with Crippen molar-refractivity contribution in [1.82, 2.24) is 0 Å². The molecular formula is C10H8BrClFNO. The number of carbonyl (C=O) groups is 1. The monoisotopic (exact) mass is 291 g/mol. The summed E-state index contributed by atoms with van der Waals surface area (Å²) in [5.74, 6) is -0.598. The van der Waals surface area contributed by atoms with Gasteiger partial charge in [-0.25, -0.2) is 4.39 Å². The molecule has 1 fully saturated rings. The summed E-state index contributed by atoms with van der Waals surface area (Å²) in [6.45, 7) is 0.495. The van der Waals surface area contributed by atoms with Crippen molar-refractivity contribution in [3.63, 3.8) is 0 Å². The Balaban J connectivity index is 2.42. The van der Waals surface area contributed by atoms with Crippen LogP contribution in [0.25, 0.3) is 0 Å². The lowest BCUT2D eigenvalue weighted by Crippen LogP contribution is -2.28. The maximum Gasteiger partial charge on any atom is 0.240 e. The standard InChI is InChI=1S/C10H8BrClFNO/c11-6-4-5-14(10(6)15)9-7(12)2-1-3-8(9)13/h1-3,6H,4-5H2. The molecule has 0 aromatic heterocycles. The van der Waals surface area contributed by atoms with Gasteiger partial charge in [-0.2, -0.15) is 0 Å². The summed E-state index contributed by atoms with van der Waals surface area (Å²) < 4.78 is 13.5. The number of carbonyl (C=O) groups excluding carboxylic acids is 1. The lowest BCUT2D eigenvalue weighted by Gasteiger charge is -2.17. The lowest BCUT2D eigenvalue weighted by atomic mass is 10.3. The van der Waals surface area contributed by atoms with Gasteiger partial charge in [-0.1, -0.05) is 33.6 Å². The number of amides is 1. The van der Waals surface area contributed by atoms with Crippen molar-refractivity contribution >= 4 is 39.1 Å². The SMILES string of the molecule is O=C1C(Br)CCN1c1c(F)cccc1Cl. The van der Waals surface area contributed by atoms with Crippen LogP contribution in [0.4, 0.5) is 10.1 Å². The van der Waals surface area contributed by atoms with Crippen molar-refractivity contribution in [2.24, 2.45) is 0 Å². The quantitative estimate of drug-likeness (QED) is 0.729. The maximum absolute atomic E-state index is 13.5. The Hall–Kier alpha value is -0.610. The Labute approximate surface area is 100 Å². The molecule has 0 radical (unpaired) electrons. The minimum atomic E-state index is -0.461. The Morgan fingerprint density at radius 1 is 1.53 bits per heavy atom. The van der Waals surface area contributed by atoms with E-state index in [4.69, 9.17) is 11.6 Å². The molecule has 80 valence electrons. The molecule has 2 nitrogen and oxygen atoms in total. The Kier molecular flexibility index (Phi) is 2.98. The molecule has 1 saturated heterocycles. The normalized spacial score (nSPS) is 21.1. The largest absolute Gasteiger partial charge is 0.307 e. The number of anilines is 1. The minimum absolute atomic E-state index is 0.137. The van der Waals surface area contributed by atoms with Crippen LogP contribution in [0, 0.1) is 5.82 Å². The molecule has 5 heteroatoms. The van der Waals surface area contributed by atoms with Crippen molar-refractivity contribution in [3.05, 3.63) is 29.0 Å². The van der Waals surface area contributed by atoms with E-state index in [0.29, 0.717) is 13.0 Å². The van der Waals surface area contributed by atoms with Gasteiger partial charge in [0.1, 0.15) is 5.82 Å². The molecule has 1 unspecified atom stereocenters. The summed E-state index contributed by atoms with van der Waals surface area (Å²) in [5.41, 5.74) is 0.186. The summed E-state index contributed by atoms with van der Waals surface area (Å²) in [5, 5.41) is 0.268. The number of para-hydroxylation sites is 1. The molecule has 0 saturated carbocycles. The van der Waals surface area contributed by atoms with Gasteiger partial charge >= 0.3 is 0 Å². The molecule has 0 bridgehead atoms. The Bertz CT molecular complexity index is 392. The second-order valence-corrected chi connectivity index (χ2v) is 4.83. The zero-order valence-corrected chi connectivity index (χ0v) is 10.1. The van der Waals surface area contributed by atoms with E-state index in [0.717, 1.165) is 0 Å². The Morgan fingerprint density at radius 2 is 2.27 bits per heavy atom. The van der Waals surface area contributed by atoms with Gasteiger partial charge in [0, 0.05) is 6.54 Å². The molecule has 1 atom stereocenters. The first-order valence-corrected chi connectivity index (χ1v) is 5.80. The highest BCUT2D eigenvalue weighted by Gasteiger charge is 2.32. The molecule has 0 N–H and O–H groups in total. The van der Waals surface area contributed by atoms with Crippen LogP contribution in [0.1, 0.15) is 6.42 Å². The van der Waals surface area contributed by atoms with Gasteiger partial charge in [0.15, 0.2) is 0 Å². The summed E-state index contributed by atoms with van der Waals surface area (Å²) in [4.78, 5) is 12.8. The molecular weight excluding hydrogens is 284 g/mol. The molecule has 1 aromatic rings. The number of alkyl halides is 1. The van der Waals surface area contributed by atoms with Gasteiger partial charge in [-0.05, 0) is 18.6 Å². The van der Waals surface area contributed by atoms with Crippen LogP contribution in [0.2, 0.25) is 5.02 Å². The number of rotatable bonds is 1. The van der Waals surface area contributed by atoms with Gasteiger partial charge in [-0.15, -0.1) is 0 Å². The third-order valence-electron chi connectivity index (χ3n) is 2.35. The van der Waals surface area contributed by atoms with Crippen LogP contribution in [-0.4, -0.2) is 17.3 Å². The summed E-state index contributed by atoms with van der Waals surface area (Å²) in [6, 6.07) is 4.40. The fourth-order valence-electron chi connectivity index (χ4n) is 1.61. The average molecular weight is 293 g/mol. The molecule has 1 amide bonds. The highest BCUT2D eigenvalue weighted by molar-refractivity contribution is 9.10. The third kappa shape index (κ3) is 1.88. The zero-order valence-electron chi connectivity index (χ0n) is 7.71. The first-order chi connectivity index (χ1) is 7.11. The Morgan fingerprint density at radius 3 is 2.80 bits per heavy atom. The van der Waals surface area contributed by atoms with Crippen molar-refractivity contribution in [2.75, 3.05) is 11.4 Å². The molecule has 0 aliphatic carbocycles. The summed E-state index contributed by atoms with van der Waals surface area (Å²) in [7, 11) is 0. The minimum Gasteiger partial charge on any atom is -0.307 e. The number of hydrogen-bond acceptors (Lipinski definition) is 1. The molecule has 1 aliphatic rings. The number of nitrogens with zero attached hydrogens (tertiary/aromatic N) is 1. The predicted molar refractivity (Wildman–Crippen MR) is 61.1 cm³/mol. The van der Waals surface area contributed by atoms with Gasteiger partial charge in [0.2, 0.25) is 5.91 Å². The summed E-state index contributed by atoms with van der Waals surface area (Å²) >= 11 is 9.11. The van der Waals surface area contributed by atoms with Crippen LogP contribution in [0.15, 0.2) is 18.2 Å². The van der Waals surface area contributed by atoms with Crippen LogP contribution >= 0.6 is 27.5 Å². The maximum atomic E-state index is 13.5. The second-order valence-electron chi connectivity index (χ2n) is 3.32. The highest BCUT2D eigenvalue weighted by atomic mass is 79.9. The number of benzene rings is 1. The smallest absolute Gasteiger partial charge is 0.240 e. The van der Waals surface area contributed by atoms with Crippen LogP contribution in [0.3, 0.4) is 0 Å². The van der Waals surface area contributed by atoms with E-state index in [-0.39, 0.29) is 21.4 Å². The predicted octanol–water partition coefficient (Wildman–Crippen LogP) is 2.98. The van der Waals surface area contributed by atoms with Gasteiger partial charge in [-0.3, -0.25) is 4.79 Å². The third-order valence-corrected chi connectivity index (χ3v) is 3.50. The van der Waals surface area contributed by atoms with E-state index in [1.54, 1.807) is 6.07 Å². The van der Waals surface area contributed by atoms with Crippen molar-refractivity contribution in [3.8, 4) is 0 Å². The first-order valence-electron chi connectivity index (χ1n) is 4.50. The topological polar surface area (TPSA) is 20.3 Å². The fourth-order valence-corrected chi connectivity index (χ4v) is 2.33. The highest BCUT2D eigenvalue weighted by Crippen LogP contribution is 2.33. The molecule has 2 rings (SSSR count). The van der Waals surface area contributed by atoms with Crippen molar-refractivity contribution < 1.29 is 9.18 Å². The van der Waals surface area contributed by atoms with Gasteiger partial charge in [0.25, 0.3) is 0 Å². The fraction of sp³-hybridized carbons (Fsp3) is 0.300. The van der Waals surface area contributed by atoms with Crippen LogP contribution < -0.4 is 4.90 Å². The van der Waals surface area contributed by atoms with Crippen molar-refractivity contribution in [1.29, 1.82) is 0 Å². The van der Waals surface area contributed by atoms with E-state index in [1.807, 2.05) is 0 Å².